The Morgan fingerprint density at radius 1 is 0.873 bits per heavy atom. The maximum atomic E-state index is 15.9. The lowest BCUT2D eigenvalue weighted by molar-refractivity contribution is -0.231. The minimum absolute atomic E-state index is 0.127. The number of halogens is 11. The number of alkyl carbamates (subject to hydrolysis) is 1. The fourth-order valence-corrected chi connectivity index (χ4v) is 6.74. The Balaban J connectivity index is 2.16. The highest BCUT2D eigenvalue weighted by Crippen LogP contribution is 2.45. The van der Waals surface area contributed by atoms with Crippen molar-refractivity contribution in [1.82, 2.24) is 25.5 Å². The molecule has 23 heteroatoms. The van der Waals surface area contributed by atoms with Gasteiger partial charge in [0.15, 0.2) is 5.78 Å². The second-order valence-electron chi connectivity index (χ2n) is 15.8. The molecular weight excluding hydrogens is 979 g/mol. The molecule has 0 fully saturated rings. The van der Waals surface area contributed by atoms with Crippen LogP contribution in [0.3, 0.4) is 0 Å². The third-order valence-corrected chi connectivity index (χ3v) is 11.3. The second kappa shape index (κ2) is 21.4. The number of alkyl halides is 8. The lowest BCUT2D eigenvalue weighted by Gasteiger charge is -2.37. The van der Waals surface area contributed by atoms with Gasteiger partial charge >= 0.3 is 24.4 Å². The van der Waals surface area contributed by atoms with Gasteiger partial charge in [-0.25, -0.2) is 27.4 Å². The van der Waals surface area contributed by atoms with E-state index in [-0.39, 0.29) is 17.7 Å². The molecule has 0 unspecified atom stereocenters. The topological polar surface area (TPSA) is 152 Å². The number of nitrogens with one attached hydrogen (secondary N) is 2. The van der Waals surface area contributed by atoms with E-state index in [1.54, 1.807) is 24.3 Å². The molecule has 2 amide bonds. The average molecular weight is 1030 g/mol. The van der Waals surface area contributed by atoms with Crippen LogP contribution in [0.25, 0.3) is 11.3 Å². The lowest BCUT2D eigenvalue weighted by atomic mass is 9.75. The van der Waals surface area contributed by atoms with Crippen molar-refractivity contribution in [2.75, 3.05) is 20.8 Å². The third kappa shape index (κ3) is 14.0. The van der Waals surface area contributed by atoms with Gasteiger partial charge in [-0.15, -0.1) is 0 Å². The SMILES string of the molecule is COC(=O)C[C@H](C(=O)NN(Cc1c(F)cc(-c2ccn(CC(F)F)n2)cc1F)C[C@H](O)[C@@H](CC(=O)[C@@H](NC(=O)OC)C(C)(C)C(F)(F)F)Cc1ccc(I)cc1)C(C)(C)C(F)(F)F. The van der Waals surface area contributed by atoms with Crippen molar-refractivity contribution in [1.29, 1.82) is 0 Å². The zero-order valence-corrected chi connectivity index (χ0v) is 36.8. The highest BCUT2D eigenvalue weighted by Gasteiger charge is 2.57. The summed E-state index contributed by atoms with van der Waals surface area (Å²) in [5.41, 5.74) is -4.55. The van der Waals surface area contributed by atoms with E-state index >= 15 is 8.78 Å². The van der Waals surface area contributed by atoms with E-state index < -0.39 is 127 Å². The number of ether oxygens (including phenoxy) is 2. The number of ketones is 1. The number of aliphatic hydroxyl groups excluding tert-OH is 1. The van der Waals surface area contributed by atoms with Crippen LogP contribution in [0.15, 0.2) is 48.7 Å². The smallest absolute Gasteiger partial charge is 0.407 e. The van der Waals surface area contributed by atoms with Gasteiger partial charge in [-0.2, -0.15) is 31.4 Å². The van der Waals surface area contributed by atoms with E-state index in [4.69, 9.17) is 0 Å². The summed E-state index contributed by atoms with van der Waals surface area (Å²) >= 11 is 1.98. The van der Waals surface area contributed by atoms with E-state index in [1.165, 1.54) is 6.07 Å². The number of hydrazine groups is 1. The third-order valence-electron chi connectivity index (χ3n) is 10.6. The van der Waals surface area contributed by atoms with E-state index in [0.29, 0.717) is 38.3 Å². The minimum Gasteiger partial charge on any atom is -0.469 e. The predicted octanol–water partition coefficient (Wildman–Crippen LogP) is 7.79. The molecule has 1 aromatic heterocycles. The largest absolute Gasteiger partial charge is 0.469 e. The quantitative estimate of drug-likeness (QED) is 0.0446. The Hall–Kier alpha value is -4.52. The normalized spacial score (nSPS) is 14.5. The molecule has 0 bridgehead atoms. The summed E-state index contributed by atoms with van der Waals surface area (Å²) < 4.78 is 154. The summed E-state index contributed by atoms with van der Waals surface area (Å²) in [7, 11) is 1.70. The van der Waals surface area contributed by atoms with Gasteiger partial charge in [-0.05, 0) is 84.7 Å². The molecule has 2 aromatic carbocycles. The Labute approximate surface area is 369 Å². The molecule has 63 heavy (non-hydrogen) atoms. The van der Waals surface area contributed by atoms with E-state index in [0.717, 1.165) is 40.8 Å². The molecule has 1 heterocycles. The van der Waals surface area contributed by atoms with E-state index in [2.05, 4.69) is 20.0 Å². The average Bonchev–Trinajstić information content (AvgIpc) is 3.64. The van der Waals surface area contributed by atoms with Crippen molar-refractivity contribution in [2.24, 2.45) is 22.7 Å². The van der Waals surface area contributed by atoms with Gasteiger partial charge in [0, 0.05) is 40.4 Å². The number of aromatic nitrogens is 2. The van der Waals surface area contributed by atoms with Crippen LogP contribution < -0.4 is 10.7 Å². The van der Waals surface area contributed by atoms with Crippen molar-refractivity contribution in [2.45, 2.75) is 91.0 Å². The molecule has 0 aliphatic carbocycles. The van der Waals surface area contributed by atoms with Gasteiger partial charge in [0.1, 0.15) is 24.2 Å². The number of benzene rings is 2. The molecule has 0 spiro atoms. The summed E-state index contributed by atoms with van der Waals surface area (Å²) in [6.45, 7) is -0.333. The molecule has 0 saturated carbocycles. The van der Waals surface area contributed by atoms with E-state index in [1.807, 2.05) is 27.9 Å². The Morgan fingerprint density at radius 3 is 1.95 bits per heavy atom. The van der Waals surface area contributed by atoms with Gasteiger partial charge in [0.2, 0.25) is 5.91 Å². The summed E-state index contributed by atoms with van der Waals surface area (Å²) in [6.07, 6.45) is -17.6. The van der Waals surface area contributed by atoms with Crippen LogP contribution >= 0.6 is 22.6 Å². The minimum atomic E-state index is -5.12. The molecule has 350 valence electrons. The van der Waals surface area contributed by atoms with Gasteiger partial charge in [-0.3, -0.25) is 24.5 Å². The molecule has 12 nitrogen and oxygen atoms in total. The number of carbonyl (C=O) groups excluding carboxylic acids is 4. The Morgan fingerprint density at radius 2 is 1.44 bits per heavy atom. The van der Waals surface area contributed by atoms with E-state index in [9.17, 15) is 59.4 Å². The first kappa shape index (κ1) is 52.8. The summed E-state index contributed by atoms with van der Waals surface area (Å²) in [4.78, 5) is 52.2. The van der Waals surface area contributed by atoms with Crippen LogP contribution in [-0.2, 0) is 43.4 Å². The molecule has 3 rings (SSSR count). The van der Waals surface area contributed by atoms with Crippen LogP contribution in [0.1, 0.15) is 51.7 Å². The molecule has 3 aromatic rings. The van der Waals surface area contributed by atoms with Crippen molar-refractivity contribution in [3.8, 4) is 11.3 Å². The molecule has 0 aliphatic heterocycles. The number of Topliss-reactive ketones (excluding diaryl/α,β-unsaturated/α-hetero) is 1. The first-order chi connectivity index (χ1) is 29.0. The highest BCUT2D eigenvalue weighted by molar-refractivity contribution is 14.1. The Kier molecular flexibility index (Phi) is 18.0. The molecule has 0 saturated heterocycles. The fourth-order valence-electron chi connectivity index (χ4n) is 6.38. The zero-order valence-electron chi connectivity index (χ0n) is 34.6. The molecule has 0 radical (unpaired) electrons. The van der Waals surface area contributed by atoms with Gasteiger partial charge in [0.25, 0.3) is 6.43 Å². The van der Waals surface area contributed by atoms with Gasteiger partial charge in [0.05, 0.1) is 49.2 Å². The molecule has 4 atom stereocenters. The Bertz CT molecular complexity index is 2040. The summed E-state index contributed by atoms with van der Waals surface area (Å²) in [5.74, 6) is -10.4. The van der Waals surface area contributed by atoms with Crippen molar-refractivity contribution in [3.63, 3.8) is 0 Å². The number of amides is 2. The number of esters is 1. The standard InChI is InChI=1S/C40H46F10IN5O7/c1-37(2,39(45,46)47)26(17-33(59)62-5)35(60)54-56(18-25-27(41)14-22(15-28(25)42)29-11-12-55(53-29)20-32(43)44)19-31(58)23(13-21-7-9-24(51)10-8-21)16-30(57)34(52-36(61)63-6)38(3,4)40(48,49)50/h7-12,14-15,23,26,31-32,34,58H,13,16-20H2,1-6H3,(H,52,61)(H,54,60)/t23-,26-,31+,34-/m1/s1. The van der Waals surface area contributed by atoms with Crippen LogP contribution in [0.2, 0.25) is 0 Å². The number of rotatable bonds is 20. The number of carbonyl (C=O) groups is 4. The first-order valence-corrected chi connectivity index (χ1v) is 19.9. The molecular formula is C40H46F10IN5O7. The van der Waals surface area contributed by atoms with Crippen LogP contribution in [0.4, 0.5) is 48.7 Å². The number of aliphatic hydroxyl groups is 1. The van der Waals surface area contributed by atoms with Crippen LogP contribution in [0.5, 0.6) is 0 Å². The summed E-state index contributed by atoms with van der Waals surface area (Å²) in [6, 6.07) is 6.80. The lowest BCUT2D eigenvalue weighted by Crippen LogP contribution is -2.57. The number of methoxy groups -OCH3 is 2. The fraction of sp³-hybridized carbons (Fsp3) is 0.525. The maximum absolute atomic E-state index is 15.9. The zero-order chi connectivity index (χ0) is 47.8. The number of hydrogen-bond acceptors (Lipinski definition) is 9. The van der Waals surface area contributed by atoms with Crippen molar-refractivity contribution < 1.29 is 77.7 Å². The van der Waals surface area contributed by atoms with Crippen molar-refractivity contribution in [3.05, 3.63) is 75.0 Å². The molecule has 3 N–H and O–H groups in total. The number of hydrogen-bond donors (Lipinski definition) is 3. The van der Waals surface area contributed by atoms with Crippen molar-refractivity contribution >= 4 is 46.3 Å². The molecule has 0 aliphatic rings. The van der Waals surface area contributed by atoms with Crippen LogP contribution in [0, 0.1) is 37.9 Å². The predicted molar refractivity (Wildman–Crippen MR) is 213 cm³/mol. The van der Waals surface area contributed by atoms with Gasteiger partial charge < -0.3 is 19.9 Å². The monoisotopic (exact) mass is 1030 g/mol. The van der Waals surface area contributed by atoms with Crippen LogP contribution in [-0.4, -0.2) is 95.3 Å². The highest BCUT2D eigenvalue weighted by atomic mass is 127. The number of nitrogens with zero attached hydrogens (tertiary/aromatic N) is 3. The summed E-state index contributed by atoms with van der Waals surface area (Å²) in [5, 5.41) is 18.2. The van der Waals surface area contributed by atoms with Gasteiger partial charge in [-0.1, -0.05) is 26.0 Å². The first-order valence-electron chi connectivity index (χ1n) is 18.9. The maximum Gasteiger partial charge on any atom is 0.407 e. The second-order valence-corrected chi connectivity index (χ2v) is 17.0.